The molecule has 1 aromatic heterocycles. The molecule has 4 atom stereocenters. The van der Waals surface area contributed by atoms with E-state index in [4.69, 9.17) is 4.74 Å². The van der Waals surface area contributed by atoms with Gasteiger partial charge in [-0.25, -0.2) is 25.6 Å². The largest absolute Gasteiger partial charge is 0.388 e. The zero-order valence-corrected chi connectivity index (χ0v) is 32.8. The monoisotopic (exact) mass is 808 g/mol. The molecule has 3 rings (SSSR count). The summed E-state index contributed by atoms with van der Waals surface area (Å²) >= 11 is 0. The Hall–Kier alpha value is -4.32. The van der Waals surface area contributed by atoms with E-state index in [0.717, 1.165) is 24.0 Å². The zero-order chi connectivity index (χ0) is 40.6. The summed E-state index contributed by atoms with van der Waals surface area (Å²) < 4.78 is 85.6. The molecule has 0 saturated carbocycles. The third kappa shape index (κ3) is 15.4. The first-order valence-corrected chi connectivity index (χ1v) is 21.8. The quantitative estimate of drug-likeness (QED) is 0.111. The van der Waals surface area contributed by atoms with Gasteiger partial charge in [-0.3, -0.25) is 19.4 Å². The number of hydrogen-bond acceptors (Lipinski definition) is 10. The summed E-state index contributed by atoms with van der Waals surface area (Å²) in [6.07, 6.45) is 1.32. The number of carbonyl (C=O) groups is 3. The van der Waals surface area contributed by atoms with Gasteiger partial charge in [0.2, 0.25) is 5.91 Å². The second kappa shape index (κ2) is 21.7. The van der Waals surface area contributed by atoms with E-state index in [1.165, 1.54) is 24.5 Å². The van der Waals surface area contributed by atoms with Crippen LogP contribution in [0.5, 0.6) is 0 Å². The molecule has 3 amide bonds. The molecular weight excluding hydrogens is 759 g/mol. The lowest BCUT2D eigenvalue weighted by atomic mass is 9.96. The number of halogens is 2. The molecule has 55 heavy (non-hydrogen) atoms. The van der Waals surface area contributed by atoms with Crippen LogP contribution in [0.1, 0.15) is 61.0 Å². The number of aromatic nitrogens is 1. The van der Waals surface area contributed by atoms with Crippen LogP contribution >= 0.6 is 0 Å². The maximum atomic E-state index is 14.4. The van der Waals surface area contributed by atoms with Crippen molar-refractivity contribution in [2.24, 2.45) is 0 Å². The third-order valence-electron chi connectivity index (χ3n) is 8.67. The van der Waals surface area contributed by atoms with E-state index in [0.29, 0.717) is 38.2 Å². The van der Waals surface area contributed by atoms with Crippen LogP contribution in [0.25, 0.3) is 0 Å². The Morgan fingerprint density at radius 3 is 2.11 bits per heavy atom. The standard InChI is InChI=1S/C38H50F2N4O9S2/c1-4-10-31(11-5-2)55(51,52)25-33(44-36(46)28-14-9-16-41-24-28)37(47)43-32(22-27-20-29(39)23-30(40)21-27)34(45)35(53-18-19-54(3,49)50)38(48)42-17-15-26-12-7-6-8-13-26/h6-9,12-14,16,20-21,23-24,31-35,45H,4-5,10-11,15,17-19,22,25H2,1-3H3,(H,42,48)(H,43,47)(H,44,46)/t32-,33?,34+,35+/m0/s1. The number of pyridine rings is 1. The summed E-state index contributed by atoms with van der Waals surface area (Å²) in [5, 5.41) is 18.6. The molecule has 17 heteroatoms. The van der Waals surface area contributed by atoms with Gasteiger partial charge in [0.1, 0.15) is 33.6 Å². The highest BCUT2D eigenvalue weighted by molar-refractivity contribution is 7.92. The number of carbonyl (C=O) groups excluding carboxylic acids is 3. The maximum absolute atomic E-state index is 14.4. The van der Waals surface area contributed by atoms with Gasteiger partial charge in [0.15, 0.2) is 15.9 Å². The van der Waals surface area contributed by atoms with E-state index in [9.17, 15) is 45.1 Å². The van der Waals surface area contributed by atoms with E-state index in [-0.39, 0.29) is 17.7 Å². The second-order valence-corrected chi connectivity index (χ2v) is 17.9. The lowest BCUT2D eigenvalue weighted by molar-refractivity contribution is -0.143. The van der Waals surface area contributed by atoms with Crippen LogP contribution in [-0.4, -0.2) is 105 Å². The Kier molecular flexibility index (Phi) is 17.8. The minimum absolute atomic E-state index is 0.0229. The number of amides is 3. The number of sulfone groups is 2. The lowest BCUT2D eigenvalue weighted by Crippen LogP contribution is -2.59. The molecule has 0 aliphatic rings. The Morgan fingerprint density at radius 1 is 0.873 bits per heavy atom. The molecule has 13 nitrogen and oxygen atoms in total. The van der Waals surface area contributed by atoms with Crippen LogP contribution in [0, 0.1) is 11.6 Å². The fraction of sp³-hybridized carbons (Fsp3) is 0.474. The summed E-state index contributed by atoms with van der Waals surface area (Å²) in [5.41, 5.74) is 0.844. The topological polar surface area (TPSA) is 198 Å². The van der Waals surface area contributed by atoms with Crippen LogP contribution in [0.2, 0.25) is 0 Å². The van der Waals surface area contributed by atoms with Gasteiger partial charge in [0, 0.05) is 31.3 Å². The molecule has 4 N–H and O–H groups in total. The Bertz CT molecular complexity index is 1900. The van der Waals surface area contributed by atoms with E-state index in [1.54, 1.807) is 0 Å². The number of nitrogens with one attached hydrogen (secondary N) is 3. The van der Waals surface area contributed by atoms with E-state index < -0.39 is 103 Å². The van der Waals surface area contributed by atoms with Gasteiger partial charge in [0.05, 0.1) is 35.0 Å². The Morgan fingerprint density at radius 2 is 1.53 bits per heavy atom. The van der Waals surface area contributed by atoms with E-state index in [2.05, 4.69) is 20.9 Å². The minimum Gasteiger partial charge on any atom is -0.388 e. The van der Waals surface area contributed by atoms with Crippen molar-refractivity contribution >= 4 is 37.4 Å². The van der Waals surface area contributed by atoms with Crippen molar-refractivity contribution in [1.29, 1.82) is 0 Å². The summed E-state index contributed by atoms with van der Waals surface area (Å²) in [6, 6.07) is 11.2. The highest BCUT2D eigenvalue weighted by Crippen LogP contribution is 2.19. The number of hydrogen-bond donors (Lipinski definition) is 4. The smallest absolute Gasteiger partial charge is 0.253 e. The van der Waals surface area contributed by atoms with Gasteiger partial charge >= 0.3 is 0 Å². The van der Waals surface area contributed by atoms with Gasteiger partial charge in [-0.2, -0.15) is 0 Å². The molecule has 0 aliphatic carbocycles. The fourth-order valence-corrected chi connectivity index (χ4v) is 8.46. The van der Waals surface area contributed by atoms with Gasteiger partial charge < -0.3 is 25.8 Å². The molecule has 3 aromatic rings. The van der Waals surface area contributed by atoms with Gasteiger partial charge in [0.25, 0.3) is 11.8 Å². The van der Waals surface area contributed by atoms with Crippen molar-refractivity contribution in [3.8, 4) is 0 Å². The second-order valence-electron chi connectivity index (χ2n) is 13.3. The van der Waals surface area contributed by atoms with Crippen molar-refractivity contribution < 1.29 is 49.8 Å². The first-order valence-electron chi connectivity index (χ1n) is 18.0. The molecule has 302 valence electrons. The van der Waals surface area contributed by atoms with E-state index in [1.807, 2.05) is 44.2 Å². The first kappa shape index (κ1) is 45.1. The maximum Gasteiger partial charge on any atom is 0.253 e. The van der Waals surface area contributed by atoms with Gasteiger partial charge in [-0.15, -0.1) is 0 Å². The Labute approximate surface area is 321 Å². The number of rotatable bonds is 23. The summed E-state index contributed by atoms with van der Waals surface area (Å²) in [6.45, 7) is 3.17. The first-order chi connectivity index (χ1) is 26.0. The SMILES string of the molecule is CCCC(CCC)S(=O)(=O)CC(NC(=O)c1cccnc1)C(=O)N[C@@H](Cc1cc(F)cc(F)c1)[C@@H](O)[C@@H](OCCS(C)(=O)=O)C(=O)NCCc1ccccc1. The zero-order valence-electron chi connectivity index (χ0n) is 31.1. The number of aliphatic hydroxyl groups is 1. The minimum atomic E-state index is -4.03. The lowest BCUT2D eigenvalue weighted by Gasteiger charge is -2.31. The predicted molar refractivity (Wildman–Crippen MR) is 203 cm³/mol. The van der Waals surface area contributed by atoms with Crippen LogP contribution in [0.15, 0.2) is 73.1 Å². The van der Waals surface area contributed by atoms with Crippen molar-refractivity contribution in [3.05, 3.63) is 101 Å². The highest BCUT2D eigenvalue weighted by Gasteiger charge is 2.38. The number of aliphatic hydroxyl groups excluding tert-OH is 1. The molecule has 0 radical (unpaired) electrons. The molecule has 0 fully saturated rings. The molecule has 1 heterocycles. The van der Waals surface area contributed by atoms with Crippen molar-refractivity contribution in [1.82, 2.24) is 20.9 Å². The molecule has 0 bridgehead atoms. The molecule has 0 spiro atoms. The summed E-state index contributed by atoms with van der Waals surface area (Å²) in [4.78, 5) is 44.9. The van der Waals surface area contributed by atoms with Crippen molar-refractivity contribution in [3.63, 3.8) is 0 Å². The van der Waals surface area contributed by atoms with Crippen molar-refractivity contribution in [2.45, 2.75) is 81.9 Å². The molecule has 0 aliphatic heterocycles. The van der Waals surface area contributed by atoms with Gasteiger partial charge in [-0.05, 0) is 61.1 Å². The van der Waals surface area contributed by atoms with Crippen LogP contribution < -0.4 is 16.0 Å². The normalized spacial score (nSPS) is 14.1. The van der Waals surface area contributed by atoms with Crippen LogP contribution in [0.3, 0.4) is 0 Å². The molecular formula is C38H50F2N4O9S2. The highest BCUT2D eigenvalue weighted by atomic mass is 32.2. The van der Waals surface area contributed by atoms with Gasteiger partial charge in [-0.1, -0.05) is 57.0 Å². The van der Waals surface area contributed by atoms with Crippen LogP contribution in [0.4, 0.5) is 8.78 Å². The van der Waals surface area contributed by atoms with Crippen LogP contribution in [-0.2, 0) is 46.8 Å². The summed E-state index contributed by atoms with van der Waals surface area (Å²) in [7, 11) is -7.63. The molecule has 2 aromatic carbocycles. The van der Waals surface area contributed by atoms with E-state index >= 15 is 0 Å². The average Bonchev–Trinajstić information content (AvgIpc) is 3.12. The third-order valence-corrected chi connectivity index (χ3v) is 11.9. The summed E-state index contributed by atoms with van der Waals surface area (Å²) in [5.74, 6) is -6.10. The number of nitrogens with zero attached hydrogens (tertiary/aromatic N) is 1. The predicted octanol–water partition coefficient (Wildman–Crippen LogP) is 2.72. The number of benzene rings is 2. The average molecular weight is 809 g/mol. The molecule has 1 unspecified atom stereocenters. The fourth-order valence-electron chi connectivity index (χ4n) is 5.90. The Balaban J connectivity index is 2.02. The van der Waals surface area contributed by atoms with Crippen molar-refractivity contribution in [2.75, 3.05) is 30.9 Å². The number of ether oxygens (including phenoxy) is 1. The molecule has 0 saturated heterocycles.